The molecule has 0 fully saturated rings. The highest BCUT2D eigenvalue weighted by Crippen LogP contribution is 2.34. The van der Waals surface area contributed by atoms with Crippen molar-refractivity contribution >= 4 is 53.9 Å². The number of benzene rings is 5. The van der Waals surface area contributed by atoms with E-state index >= 15 is 0 Å². The molecule has 7 rings (SSSR count). The van der Waals surface area contributed by atoms with Gasteiger partial charge in [-0.25, -0.2) is 9.97 Å². The lowest BCUT2D eigenvalue weighted by Gasteiger charge is -2.12. The molecule has 0 atom stereocenters. The maximum atomic E-state index is 5.07. The second-order valence-corrected chi connectivity index (χ2v) is 10.9. The van der Waals surface area contributed by atoms with E-state index in [1.807, 2.05) is 12.1 Å². The van der Waals surface area contributed by atoms with Crippen LogP contribution in [-0.2, 0) is 0 Å². The molecule has 0 N–H and O–H groups in total. The lowest BCUT2D eigenvalue weighted by Crippen LogP contribution is -1.99. The highest BCUT2D eigenvalue weighted by molar-refractivity contribution is 9.10. The van der Waals surface area contributed by atoms with Crippen LogP contribution in [0.25, 0.3) is 56.2 Å². The largest absolute Gasteiger partial charge is 0.292 e. The van der Waals surface area contributed by atoms with Crippen LogP contribution in [0.1, 0.15) is 0 Å². The van der Waals surface area contributed by atoms with Gasteiger partial charge in [-0.3, -0.25) is 9.13 Å². The molecule has 0 unspecified atom stereocenters. The zero-order chi connectivity index (χ0) is 25.6. The van der Waals surface area contributed by atoms with Crippen LogP contribution in [0.2, 0.25) is 0 Å². The van der Waals surface area contributed by atoms with E-state index in [0.29, 0.717) is 0 Å². The third-order valence-electron chi connectivity index (χ3n) is 6.67. The van der Waals surface area contributed by atoms with Crippen LogP contribution in [0.5, 0.6) is 0 Å². The number of hydrogen-bond acceptors (Lipinski definition) is 2. The number of nitrogens with zero attached hydrogens (tertiary/aromatic N) is 4. The van der Waals surface area contributed by atoms with Crippen molar-refractivity contribution in [2.75, 3.05) is 0 Å². The SMILES string of the molecule is Brc1ccc(-n2c(-c3cccc(-c4nc5ccccc5n4-c4ccc(Br)cc4)c3)nc3ccccc32)cc1. The minimum atomic E-state index is 0.890. The fraction of sp³-hybridized carbons (Fsp3) is 0. The first kappa shape index (κ1) is 23.1. The average Bonchev–Trinajstić information content (AvgIpc) is 3.54. The van der Waals surface area contributed by atoms with Crippen LogP contribution >= 0.6 is 31.9 Å². The Labute approximate surface area is 236 Å². The Bertz CT molecular complexity index is 1790. The number of imidazole rings is 2. The summed E-state index contributed by atoms with van der Waals surface area (Å²) in [5, 5.41) is 0. The molecule has 0 aliphatic heterocycles. The first-order chi connectivity index (χ1) is 18.7. The summed E-state index contributed by atoms with van der Waals surface area (Å²) in [6, 6.07) is 41.7. The molecule has 7 aromatic rings. The normalized spacial score (nSPS) is 11.4. The average molecular weight is 620 g/mol. The van der Waals surface area contributed by atoms with Crippen molar-refractivity contribution in [2.24, 2.45) is 0 Å². The van der Waals surface area contributed by atoms with Crippen LogP contribution in [0.15, 0.2) is 130 Å². The molecule has 0 aliphatic rings. The number of para-hydroxylation sites is 4. The van der Waals surface area contributed by atoms with Crippen molar-refractivity contribution in [1.82, 2.24) is 19.1 Å². The molecule has 0 bridgehead atoms. The molecule has 0 aliphatic carbocycles. The number of hydrogen-bond donors (Lipinski definition) is 0. The van der Waals surface area contributed by atoms with Crippen LogP contribution in [0.3, 0.4) is 0 Å². The Hall–Kier alpha value is -4.00. The Morgan fingerprint density at radius 2 is 0.868 bits per heavy atom. The maximum absolute atomic E-state index is 5.07. The van der Waals surface area contributed by atoms with Gasteiger partial charge in [0.25, 0.3) is 0 Å². The Balaban J connectivity index is 1.45. The van der Waals surface area contributed by atoms with Gasteiger partial charge in [0.1, 0.15) is 11.6 Å². The van der Waals surface area contributed by atoms with E-state index in [1.54, 1.807) is 0 Å². The zero-order valence-electron chi connectivity index (χ0n) is 20.1. The topological polar surface area (TPSA) is 35.6 Å². The monoisotopic (exact) mass is 618 g/mol. The first-order valence-electron chi connectivity index (χ1n) is 12.2. The quantitative estimate of drug-likeness (QED) is 0.197. The summed E-state index contributed by atoms with van der Waals surface area (Å²) < 4.78 is 6.53. The van der Waals surface area contributed by atoms with Crippen molar-refractivity contribution in [1.29, 1.82) is 0 Å². The van der Waals surface area contributed by atoms with Gasteiger partial charge in [-0.05, 0) is 78.9 Å². The Morgan fingerprint density at radius 3 is 1.32 bits per heavy atom. The van der Waals surface area contributed by atoms with Gasteiger partial charge in [-0.1, -0.05) is 74.3 Å². The van der Waals surface area contributed by atoms with Crippen LogP contribution in [0, 0.1) is 0 Å². The molecule has 0 amide bonds. The minimum Gasteiger partial charge on any atom is -0.292 e. The third kappa shape index (κ3) is 3.97. The second-order valence-electron chi connectivity index (χ2n) is 9.05. The molecule has 182 valence electrons. The van der Waals surface area contributed by atoms with E-state index in [2.05, 4.69) is 150 Å². The maximum Gasteiger partial charge on any atom is 0.145 e. The summed E-state index contributed by atoms with van der Waals surface area (Å²) in [6.07, 6.45) is 0. The van der Waals surface area contributed by atoms with Gasteiger partial charge >= 0.3 is 0 Å². The zero-order valence-corrected chi connectivity index (χ0v) is 23.3. The summed E-state index contributed by atoms with van der Waals surface area (Å²) in [5.74, 6) is 1.78. The van der Waals surface area contributed by atoms with Crippen molar-refractivity contribution < 1.29 is 0 Å². The van der Waals surface area contributed by atoms with Crippen LogP contribution < -0.4 is 0 Å². The van der Waals surface area contributed by atoms with Gasteiger partial charge in [0.2, 0.25) is 0 Å². The molecule has 6 heteroatoms. The lowest BCUT2D eigenvalue weighted by atomic mass is 10.1. The van der Waals surface area contributed by atoms with Gasteiger partial charge in [0, 0.05) is 31.4 Å². The van der Waals surface area contributed by atoms with Crippen LogP contribution in [0.4, 0.5) is 0 Å². The molecular weight excluding hydrogens is 600 g/mol. The van der Waals surface area contributed by atoms with E-state index < -0.39 is 0 Å². The van der Waals surface area contributed by atoms with Gasteiger partial charge in [-0.2, -0.15) is 0 Å². The second kappa shape index (κ2) is 9.39. The van der Waals surface area contributed by atoms with Gasteiger partial charge in [0.15, 0.2) is 0 Å². The van der Waals surface area contributed by atoms with Crippen LogP contribution in [-0.4, -0.2) is 19.1 Å². The van der Waals surface area contributed by atoms with E-state index in [1.165, 1.54) is 0 Å². The predicted molar refractivity (Wildman–Crippen MR) is 162 cm³/mol. The van der Waals surface area contributed by atoms with E-state index in [9.17, 15) is 0 Å². The van der Waals surface area contributed by atoms with Crippen molar-refractivity contribution in [2.45, 2.75) is 0 Å². The Kier molecular flexibility index (Phi) is 5.72. The molecule has 4 nitrogen and oxygen atoms in total. The molecule has 0 radical (unpaired) electrons. The fourth-order valence-corrected chi connectivity index (χ4v) is 5.47. The standard InChI is InChI=1S/C32H20Br2N4/c33-23-12-16-25(17-13-23)37-29-10-3-1-8-27(29)35-31(37)21-6-5-7-22(20-21)32-36-28-9-2-4-11-30(28)38(32)26-18-14-24(34)15-19-26/h1-20H. The van der Waals surface area contributed by atoms with Gasteiger partial charge in [-0.15, -0.1) is 0 Å². The first-order valence-corrected chi connectivity index (χ1v) is 13.8. The molecule has 38 heavy (non-hydrogen) atoms. The summed E-state index contributed by atoms with van der Waals surface area (Å²) in [6.45, 7) is 0. The van der Waals surface area contributed by atoms with E-state index in [4.69, 9.17) is 9.97 Å². The highest BCUT2D eigenvalue weighted by Gasteiger charge is 2.18. The lowest BCUT2D eigenvalue weighted by molar-refractivity contribution is 1.09. The summed E-state index contributed by atoms with van der Waals surface area (Å²) in [7, 11) is 0. The van der Waals surface area contributed by atoms with Crippen molar-refractivity contribution in [3.05, 3.63) is 130 Å². The van der Waals surface area contributed by atoms with Crippen molar-refractivity contribution in [3.63, 3.8) is 0 Å². The minimum absolute atomic E-state index is 0.890. The van der Waals surface area contributed by atoms with Gasteiger partial charge < -0.3 is 0 Å². The van der Waals surface area contributed by atoms with E-state index in [0.717, 1.165) is 65.2 Å². The van der Waals surface area contributed by atoms with E-state index in [-0.39, 0.29) is 0 Å². The number of aromatic nitrogens is 4. The molecule has 2 aromatic heterocycles. The molecule has 2 heterocycles. The number of rotatable bonds is 4. The van der Waals surface area contributed by atoms with Crippen molar-refractivity contribution in [3.8, 4) is 34.2 Å². The number of halogens is 2. The molecule has 0 saturated carbocycles. The summed E-state index contributed by atoms with van der Waals surface area (Å²) in [5.41, 5.74) is 8.21. The molecular formula is C32H20Br2N4. The highest BCUT2D eigenvalue weighted by atomic mass is 79.9. The molecule has 0 saturated heterocycles. The van der Waals surface area contributed by atoms with Gasteiger partial charge in [0.05, 0.1) is 22.1 Å². The smallest absolute Gasteiger partial charge is 0.145 e. The third-order valence-corrected chi connectivity index (χ3v) is 7.73. The molecule has 0 spiro atoms. The summed E-state index contributed by atoms with van der Waals surface area (Å²) >= 11 is 7.13. The Morgan fingerprint density at radius 1 is 0.447 bits per heavy atom. The fourth-order valence-electron chi connectivity index (χ4n) is 4.94. The predicted octanol–water partition coefficient (Wildman–Crippen LogP) is 9.22. The number of fused-ring (bicyclic) bond motifs is 2. The summed E-state index contributed by atoms with van der Waals surface area (Å²) in [4.78, 5) is 10.1. The molecule has 5 aromatic carbocycles.